The molecule has 0 bridgehead atoms. The first-order valence-electron chi connectivity index (χ1n) is 7.19. The predicted molar refractivity (Wildman–Crippen MR) is 79.0 cm³/mol. The molecule has 1 rings (SSSR count). The molecule has 0 heterocycles. The largest absolute Gasteiger partial charge is 0.492 e. The number of ketones is 1. The molecule has 0 saturated carbocycles. The normalized spacial score (nSPS) is 10.7. The topological polar surface area (TPSA) is 29.5 Å². The van der Waals surface area contributed by atoms with Gasteiger partial charge in [-0.1, -0.05) is 20.8 Å². The van der Waals surface area contributed by atoms with Gasteiger partial charge in [-0.2, -0.15) is 0 Å². The van der Waals surface area contributed by atoms with E-state index in [1.165, 1.54) is 0 Å². The standard InChI is InChI=1S/C16H25NO2/c1-4-7-16(18)14-8-10-15(11-9-14)19-13-12-17(5-2)6-3/h8-11H,4-7,12-13H2,1-3H3. The maximum absolute atomic E-state index is 11.7. The minimum atomic E-state index is 0.206. The molecule has 0 aromatic heterocycles. The van der Waals surface area contributed by atoms with E-state index in [4.69, 9.17) is 4.74 Å². The lowest BCUT2D eigenvalue weighted by Crippen LogP contribution is -2.27. The Hall–Kier alpha value is -1.35. The summed E-state index contributed by atoms with van der Waals surface area (Å²) in [7, 11) is 0. The number of carbonyl (C=O) groups excluding carboxylic acids is 1. The van der Waals surface area contributed by atoms with Crippen molar-refractivity contribution in [2.45, 2.75) is 33.6 Å². The van der Waals surface area contributed by atoms with E-state index in [1.807, 2.05) is 31.2 Å². The summed E-state index contributed by atoms with van der Waals surface area (Å²) in [6, 6.07) is 7.46. The summed E-state index contributed by atoms with van der Waals surface area (Å²) in [5.74, 6) is 1.04. The zero-order valence-corrected chi connectivity index (χ0v) is 12.3. The van der Waals surface area contributed by atoms with E-state index in [0.29, 0.717) is 13.0 Å². The highest BCUT2D eigenvalue weighted by molar-refractivity contribution is 5.96. The summed E-state index contributed by atoms with van der Waals surface area (Å²) < 4.78 is 5.68. The van der Waals surface area contributed by atoms with Crippen LogP contribution < -0.4 is 4.74 Å². The van der Waals surface area contributed by atoms with Crippen LogP contribution >= 0.6 is 0 Å². The molecule has 0 amide bonds. The van der Waals surface area contributed by atoms with Gasteiger partial charge in [0.15, 0.2) is 5.78 Å². The van der Waals surface area contributed by atoms with Gasteiger partial charge >= 0.3 is 0 Å². The molecule has 3 heteroatoms. The summed E-state index contributed by atoms with van der Waals surface area (Å²) in [6.07, 6.45) is 1.50. The molecule has 0 spiro atoms. The molecular formula is C16H25NO2. The van der Waals surface area contributed by atoms with Crippen molar-refractivity contribution in [3.63, 3.8) is 0 Å². The highest BCUT2D eigenvalue weighted by atomic mass is 16.5. The van der Waals surface area contributed by atoms with E-state index in [0.717, 1.165) is 37.4 Å². The number of carbonyl (C=O) groups is 1. The lowest BCUT2D eigenvalue weighted by atomic mass is 10.1. The van der Waals surface area contributed by atoms with Crippen molar-refractivity contribution in [3.8, 4) is 5.75 Å². The summed E-state index contributed by atoms with van der Waals surface area (Å²) in [5.41, 5.74) is 0.776. The first-order chi connectivity index (χ1) is 9.21. The van der Waals surface area contributed by atoms with E-state index in [2.05, 4.69) is 18.7 Å². The minimum Gasteiger partial charge on any atom is -0.492 e. The first kappa shape index (κ1) is 15.7. The SMILES string of the molecule is CCCC(=O)c1ccc(OCCN(CC)CC)cc1. The molecule has 0 radical (unpaired) electrons. The van der Waals surface area contributed by atoms with Crippen molar-refractivity contribution < 1.29 is 9.53 Å². The van der Waals surface area contributed by atoms with Crippen molar-refractivity contribution in [1.82, 2.24) is 4.90 Å². The lowest BCUT2D eigenvalue weighted by Gasteiger charge is -2.18. The number of Topliss-reactive ketones (excluding diaryl/α,β-unsaturated/α-hetero) is 1. The first-order valence-corrected chi connectivity index (χ1v) is 7.19. The van der Waals surface area contributed by atoms with Gasteiger partial charge < -0.3 is 9.64 Å². The predicted octanol–water partition coefficient (Wildman–Crippen LogP) is 3.39. The zero-order valence-electron chi connectivity index (χ0n) is 12.3. The van der Waals surface area contributed by atoms with Gasteiger partial charge in [-0.3, -0.25) is 4.79 Å². The van der Waals surface area contributed by atoms with Crippen LogP contribution in [0.3, 0.4) is 0 Å². The number of likely N-dealkylation sites (N-methyl/N-ethyl adjacent to an activating group) is 1. The van der Waals surface area contributed by atoms with Gasteiger partial charge in [-0.25, -0.2) is 0 Å². The Morgan fingerprint density at radius 3 is 2.26 bits per heavy atom. The van der Waals surface area contributed by atoms with Gasteiger partial charge in [-0.15, -0.1) is 0 Å². The summed E-state index contributed by atoms with van der Waals surface area (Å²) >= 11 is 0. The maximum atomic E-state index is 11.7. The molecule has 0 N–H and O–H groups in total. The summed E-state index contributed by atoms with van der Waals surface area (Å²) in [5, 5.41) is 0. The van der Waals surface area contributed by atoms with Crippen LogP contribution in [0.1, 0.15) is 44.0 Å². The molecule has 1 aromatic carbocycles. The number of ether oxygens (including phenoxy) is 1. The van der Waals surface area contributed by atoms with Crippen LogP contribution in [0.4, 0.5) is 0 Å². The molecule has 3 nitrogen and oxygen atoms in total. The molecule has 0 aliphatic rings. The summed E-state index contributed by atoms with van der Waals surface area (Å²) in [6.45, 7) is 10.0. The van der Waals surface area contributed by atoms with Crippen LogP contribution in [0.5, 0.6) is 5.75 Å². The summed E-state index contributed by atoms with van der Waals surface area (Å²) in [4.78, 5) is 14.0. The van der Waals surface area contributed by atoms with E-state index in [1.54, 1.807) is 0 Å². The van der Waals surface area contributed by atoms with Crippen molar-refractivity contribution >= 4 is 5.78 Å². The van der Waals surface area contributed by atoms with Crippen molar-refractivity contribution in [3.05, 3.63) is 29.8 Å². The molecule has 19 heavy (non-hydrogen) atoms. The number of nitrogens with zero attached hydrogens (tertiary/aromatic N) is 1. The Kier molecular flexibility index (Phi) is 7.19. The Labute approximate surface area is 116 Å². The van der Waals surface area contributed by atoms with Crippen molar-refractivity contribution in [2.75, 3.05) is 26.2 Å². The molecule has 1 aromatic rings. The van der Waals surface area contributed by atoms with Crippen LogP contribution in [-0.2, 0) is 0 Å². The van der Waals surface area contributed by atoms with Crippen LogP contribution in [-0.4, -0.2) is 36.9 Å². The molecule has 106 valence electrons. The van der Waals surface area contributed by atoms with E-state index in [9.17, 15) is 4.79 Å². The van der Waals surface area contributed by atoms with Crippen molar-refractivity contribution in [1.29, 1.82) is 0 Å². The van der Waals surface area contributed by atoms with Gasteiger partial charge in [-0.05, 0) is 43.8 Å². The van der Waals surface area contributed by atoms with Gasteiger partial charge in [0.25, 0.3) is 0 Å². The Morgan fingerprint density at radius 2 is 1.74 bits per heavy atom. The average Bonchev–Trinajstić information content (AvgIpc) is 2.44. The molecule has 0 aliphatic heterocycles. The second-order valence-electron chi connectivity index (χ2n) is 4.57. The monoisotopic (exact) mass is 263 g/mol. The second kappa shape index (κ2) is 8.70. The van der Waals surface area contributed by atoms with Crippen LogP contribution in [0.15, 0.2) is 24.3 Å². The molecule has 0 unspecified atom stereocenters. The average molecular weight is 263 g/mol. The third kappa shape index (κ3) is 5.43. The third-order valence-corrected chi connectivity index (χ3v) is 3.22. The van der Waals surface area contributed by atoms with Crippen LogP contribution in [0.25, 0.3) is 0 Å². The zero-order chi connectivity index (χ0) is 14.1. The maximum Gasteiger partial charge on any atom is 0.162 e. The Balaban J connectivity index is 2.42. The highest BCUT2D eigenvalue weighted by Gasteiger charge is 2.04. The van der Waals surface area contributed by atoms with E-state index < -0.39 is 0 Å². The molecule has 0 aliphatic carbocycles. The number of benzene rings is 1. The smallest absolute Gasteiger partial charge is 0.162 e. The quantitative estimate of drug-likeness (QED) is 0.640. The Bertz CT molecular complexity index is 369. The highest BCUT2D eigenvalue weighted by Crippen LogP contribution is 2.14. The number of hydrogen-bond donors (Lipinski definition) is 0. The van der Waals surface area contributed by atoms with Gasteiger partial charge in [0, 0.05) is 18.5 Å². The van der Waals surface area contributed by atoms with Crippen LogP contribution in [0.2, 0.25) is 0 Å². The number of rotatable bonds is 9. The fraction of sp³-hybridized carbons (Fsp3) is 0.562. The second-order valence-corrected chi connectivity index (χ2v) is 4.57. The number of hydrogen-bond acceptors (Lipinski definition) is 3. The van der Waals surface area contributed by atoms with E-state index >= 15 is 0 Å². The van der Waals surface area contributed by atoms with Gasteiger partial charge in [0.2, 0.25) is 0 Å². The lowest BCUT2D eigenvalue weighted by molar-refractivity contribution is 0.0981. The molecular weight excluding hydrogens is 238 g/mol. The van der Waals surface area contributed by atoms with Gasteiger partial charge in [0.05, 0.1) is 0 Å². The fourth-order valence-electron chi connectivity index (χ4n) is 1.94. The van der Waals surface area contributed by atoms with E-state index in [-0.39, 0.29) is 5.78 Å². The third-order valence-electron chi connectivity index (χ3n) is 3.22. The Morgan fingerprint density at radius 1 is 1.11 bits per heavy atom. The minimum absolute atomic E-state index is 0.206. The van der Waals surface area contributed by atoms with Gasteiger partial charge in [0.1, 0.15) is 12.4 Å². The molecule has 0 atom stereocenters. The van der Waals surface area contributed by atoms with Crippen molar-refractivity contribution in [2.24, 2.45) is 0 Å². The molecule has 0 fully saturated rings. The fourth-order valence-corrected chi connectivity index (χ4v) is 1.94. The molecule has 0 saturated heterocycles. The van der Waals surface area contributed by atoms with Crippen LogP contribution in [0, 0.1) is 0 Å².